The third-order valence-corrected chi connectivity index (χ3v) is 9.06. The standard InChI is InChI=1S/C22H36O4/c1-21-9-7-16-15-8-10-22(25,13-26-2)11-14(15)3-4-17(16)18(21)5-6-19(21)20(24)12-23/h14-19,23,25H,3-13H2,1-2H3/t14-,15-,16+,17+,18-,19+,21-,22-/m0/s1. The van der Waals surface area contributed by atoms with Gasteiger partial charge in [-0.1, -0.05) is 6.92 Å². The molecule has 4 heteroatoms. The Labute approximate surface area is 157 Å². The van der Waals surface area contributed by atoms with Crippen LogP contribution >= 0.6 is 0 Å². The van der Waals surface area contributed by atoms with Gasteiger partial charge in [-0.15, -0.1) is 0 Å². The monoisotopic (exact) mass is 364 g/mol. The molecule has 0 spiro atoms. The summed E-state index contributed by atoms with van der Waals surface area (Å²) in [5.74, 6) is 3.73. The molecule has 0 aromatic heterocycles. The molecule has 0 heterocycles. The molecule has 4 nitrogen and oxygen atoms in total. The van der Waals surface area contributed by atoms with Crippen LogP contribution in [0.15, 0.2) is 0 Å². The second-order valence-electron chi connectivity index (χ2n) is 10.1. The second-order valence-corrected chi connectivity index (χ2v) is 10.1. The predicted molar refractivity (Wildman–Crippen MR) is 99.5 cm³/mol. The van der Waals surface area contributed by atoms with Gasteiger partial charge in [-0.2, -0.15) is 0 Å². The maximum atomic E-state index is 12.3. The Morgan fingerprint density at radius 2 is 1.81 bits per heavy atom. The maximum Gasteiger partial charge on any atom is 0.161 e. The maximum absolute atomic E-state index is 12.3. The molecule has 4 rings (SSSR count). The Balaban J connectivity index is 1.50. The molecule has 0 unspecified atom stereocenters. The SMILES string of the molecule is COC[C@]1(O)CC[C@H]2[C@@H](CC[C@@H]3[C@@H]2CC[C@]2(C)[C@@H](C(=O)CO)CC[C@@H]32)C1. The first-order chi connectivity index (χ1) is 12.4. The van der Waals surface area contributed by atoms with Crippen molar-refractivity contribution in [3.05, 3.63) is 0 Å². The fourth-order valence-corrected chi connectivity index (χ4v) is 8.00. The number of ketones is 1. The van der Waals surface area contributed by atoms with E-state index in [1.165, 1.54) is 25.7 Å². The van der Waals surface area contributed by atoms with E-state index in [1.807, 2.05) is 0 Å². The number of aliphatic hydroxyl groups excluding tert-OH is 1. The van der Waals surface area contributed by atoms with Gasteiger partial charge in [0.1, 0.15) is 6.61 Å². The van der Waals surface area contributed by atoms with Crippen LogP contribution in [0.4, 0.5) is 0 Å². The van der Waals surface area contributed by atoms with Crippen LogP contribution in [0, 0.1) is 40.9 Å². The Hall–Kier alpha value is -0.450. The van der Waals surface area contributed by atoms with E-state index < -0.39 is 5.60 Å². The highest BCUT2D eigenvalue weighted by Crippen LogP contribution is 2.64. The zero-order valence-electron chi connectivity index (χ0n) is 16.5. The Bertz CT molecular complexity index is 548. The van der Waals surface area contributed by atoms with E-state index in [9.17, 15) is 15.0 Å². The lowest BCUT2D eigenvalue weighted by atomic mass is 9.49. The molecule has 0 bridgehead atoms. The van der Waals surface area contributed by atoms with Crippen LogP contribution < -0.4 is 0 Å². The van der Waals surface area contributed by atoms with E-state index in [1.54, 1.807) is 7.11 Å². The van der Waals surface area contributed by atoms with Gasteiger partial charge in [0.05, 0.1) is 12.2 Å². The molecule has 4 aliphatic carbocycles. The highest BCUT2D eigenvalue weighted by Gasteiger charge is 2.58. The average Bonchev–Trinajstić information content (AvgIpc) is 2.98. The van der Waals surface area contributed by atoms with Crippen molar-refractivity contribution in [2.24, 2.45) is 40.9 Å². The Morgan fingerprint density at radius 1 is 1.04 bits per heavy atom. The van der Waals surface area contributed by atoms with E-state index >= 15 is 0 Å². The molecule has 0 aromatic rings. The first-order valence-corrected chi connectivity index (χ1v) is 10.8. The summed E-state index contributed by atoms with van der Waals surface area (Å²) >= 11 is 0. The van der Waals surface area contributed by atoms with E-state index in [-0.39, 0.29) is 23.7 Å². The largest absolute Gasteiger partial charge is 0.389 e. The lowest BCUT2D eigenvalue weighted by Gasteiger charge is -2.57. The summed E-state index contributed by atoms with van der Waals surface area (Å²) in [7, 11) is 1.69. The van der Waals surface area contributed by atoms with E-state index in [4.69, 9.17) is 4.74 Å². The lowest BCUT2D eigenvalue weighted by Crippen LogP contribution is -2.52. The number of fused-ring (bicyclic) bond motifs is 5. The van der Waals surface area contributed by atoms with Gasteiger partial charge in [-0.3, -0.25) is 4.79 Å². The fourth-order valence-electron chi connectivity index (χ4n) is 8.00. The molecule has 0 radical (unpaired) electrons. The summed E-state index contributed by atoms with van der Waals surface area (Å²) < 4.78 is 5.28. The number of ether oxygens (including phenoxy) is 1. The summed E-state index contributed by atoms with van der Waals surface area (Å²) in [6, 6.07) is 0. The van der Waals surface area contributed by atoms with Crippen LogP contribution in [-0.2, 0) is 9.53 Å². The summed E-state index contributed by atoms with van der Waals surface area (Å²) in [5, 5.41) is 20.2. The molecular weight excluding hydrogens is 328 g/mol. The van der Waals surface area contributed by atoms with Gasteiger partial charge in [0.2, 0.25) is 0 Å². The minimum atomic E-state index is -0.613. The van der Waals surface area contributed by atoms with Crippen molar-refractivity contribution in [1.82, 2.24) is 0 Å². The summed E-state index contributed by atoms with van der Waals surface area (Å²) in [6.07, 6.45) is 9.91. The van der Waals surface area contributed by atoms with Gasteiger partial charge in [-0.25, -0.2) is 0 Å². The molecule has 4 saturated carbocycles. The summed E-state index contributed by atoms with van der Waals surface area (Å²) in [6.45, 7) is 2.52. The molecule has 4 aliphatic rings. The molecule has 0 aromatic carbocycles. The number of carbonyl (C=O) groups excluding carboxylic acids is 1. The number of rotatable bonds is 4. The normalized spacial score (nSPS) is 50.6. The topological polar surface area (TPSA) is 66.8 Å². The first kappa shape index (κ1) is 18.9. The van der Waals surface area contributed by atoms with Gasteiger partial charge in [-0.05, 0) is 92.8 Å². The highest BCUT2D eigenvalue weighted by molar-refractivity contribution is 5.83. The predicted octanol–water partition coefficient (Wildman–Crippen LogP) is 3.19. The van der Waals surface area contributed by atoms with Crippen LogP contribution in [0.2, 0.25) is 0 Å². The quantitative estimate of drug-likeness (QED) is 0.804. The van der Waals surface area contributed by atoms with Gasteiger partial charge in [0.25, 0.3) is 0 Å². The van der Waals surface area contributed by atoms with Crippen LogP contribution in [0.1, 0.15) is 64.7 Å². The number of methoxy groups -OCH3 is 1. The van der Waals surface area contributed by atoms with Crippen LogP contribution in [0.25, 0.3) is 0 Å². The van der Waals surface area contributed by atoms with E-state index in [2.05, 4.69) is 6.92 Å². The zero-order valence-corrected chi connectivity index (χ0v) is 16.5. The van der Waals surface area contributed by atoms with Crippen molar-refractivity contribution < 1.29 is 19.7 Å². The molecule has 148 valence electrons. The second kappa shape index (κ2) is 6.86. The van der Waals surface area contributed by atoms with Crippen LogP contribution in [0.5, 0.6) is 0 Å². The zero-order chi connectivity index (χ0) is 18.5. The minimum absolute atomic E-state index is 0.0735. The number of Topliss-reactive ketones (excluding diaryl/α,β-unsaturated/α-hetero) is 1. The Morgan fingerprint density at radius 3 is 2.54 bits per heavy atom. The first-order valence-electron chi connectivity index (χ1n) is 10.8. The van der Waals surface area contributed by atoms with Crippen LogP contribution in [0.3, 0.4) is 0 Å². The van der Waals surface area contributed by atoms with Crippen molar-refractivity contribution in [1.29, 1.82) is 0 Å². The van der Waals surface area contributed by atoms with Crippen molar-refractivity contribution in [3.8, 4) is 0 Å². The molecule has 2 N–H and O–H groups in total. The third-order valence-electron chi connectivity index (χ3n) is 9.06. The van der Waals surface area contributed by atoms with Crippen molar-refractivity contribution >= 4 is 5.78 Å². The van der Waals surface area contributed by atoms with Crippen molar-refractivity contribution in [3.63, 3.8) is 0 Å². The summed E-state index contributed by atoms with van der Waals surface area (Å²) in [4.78, 5) is 12.3. The van der Waals surface area contributed by atoms with Gasteiger partial charge in [0.15, 0.2) is 5.78 Å². The molecule has 0 aliphatic heterocycles. The smallest absolute Gasteiger partial charge is 0.161 e. The van der Waals surface area contributed by atoms with Gasteiger partial charge >= 0.3 is 0 Å². The summed E-state index contributed by atoms with van der Waals surface area (Å²) in [5.41, 5.74) is -0.503. The molecule has 26 heavy (non-hydrogen) atoms. The van der Waals surface area contributed by atoms with E-state index in [0.29, 0.717) is 18.4 Å². The molecule has 8 atom stereocenters. The molecule has 0 saturated heterocycles. The Kier molecular flexibility index (Phi) is 4.98. The van der Waals surface area contributed by atoms with E-state index in [0.717, 1.165) is 49.9 Å². The van der Waals surface area contributed by atoms with Crippen LogP contribution in [-0.4, -0.2) is 41.9 Å². The molecule has 4 fully saturated rings. The van der Waals surface area contributed by atoms with Gasteiger partial charge < -0.3 is 14.9 Å². The number of hydrogen-bond acceptors (Lipinski definition) is 4. The number of hydrogen-bond donors (Lipinski definition) is 2. The number of aliphatic hydroxyl groups is 2. The highest BCUT2D eigenvalue weighted by atomic mass is 16.5. The minimum Gasteiger partial charge on any atom is -0.389 e. The molecule has 0 amide bonds. The van der Waals surface area contributed by atoms with Gasteiger partial charge in [0, 0.05) is 13.0 Å². The number of carbonyl (C=O) groups is 1. The average molecular weight is 365 g/mol. The third kappa shape index (κ3) is 2.87. The van der Waals surface area contributed by atoms with Crippen molar-refractivity contribution in [2.45, 2.75) is 70.3 Å². The lowest BCUT2D eigenvalue weighted by molar-refractivity contribution is -0.138. The molecular formula is C22H36O4. The fraction of sp³-hybridized carbons (Fsp3) is 0.955. The van der Waals surface area contributed by atoms with Crippen molar-refractivity contribution in [2.75, 3.05) is 20.3 Å².